The van der Waals surface area contributed by atoms with Crippen molar-refractivity contribution in [3.05, 3.63) is 35.9 Å². The summed E-state index contributed by atoms with van der Waals surface area (Å²) in [7, 11) is 0. The molecule has 3 nitrogen and oxygen atoms in total. The second kappa shape index (κ2) is 4.58. The Morgan fingerprint density at radius 1 is 1.05 bits per heavy atom. The summed E-state index contributed by atoms with van der Waals surface area (Å²) in [6.45, 7) is 2.56. The van der Waals surface area contributed by atoms with Crippen LogP contribution in [0.4, 0.5) is 0 Å². The molecule has 0 aliphatic carbocycles. The van der Waals surface area contributed by atoms with Gasteiger partial charge in [0, 0.05) is 19.0 Å². The molecule has 0 radical (unpaired) electrons. The Bertz CT molecular complexity index is 441. The van der Waals surface area contributed by atoms with Crippen LogP contribution >= 0.6 is 0 Å². The Kier molecular flexibility index (Phi) is 2.87. The molecule has 1 spiro atoms. The van der Waals surface area contributed by atoms with Gasteiger partial charge in [0.1, 0.15) is 0 Å². The van der Waals surface area contributed by atoms with Gasteiger partial charge in [0.05, 0.1) is 19.3 Å². The average molecular weight is 259 g/mol. The van der Waals surface area contributed by atoms with Gasteiger partial charge in [-0.3, -0.25) is 4.90 Å². The minimum absolute atomic E-state index is 0.290. The number of hydrogen-bond acceptors (Lipinski definition) is 3. The summed E-state index contributed by atoms with van der Waals surface area (Å²) in [4.78, 5) is 2.63. The highest BCUT2D eigenvalue weighted by Crippen LogP contribution is 2.46. The first-order valence-electron chi connectivity index (χ1n) is 7.45. The maximum atomic E-state index is 6.02. The Labute approximate surface area is 114 Å². The molecule has 0 aromatic heterocycles. The van der Waals surface area contributed by atoms with Crippen molar-refractivity contribution >= 4 is 0 Å². The van der Waals surface area contributed by atoms with Crippen LogP contribution in [0.25, 0.3) is 0 Å². The Morgan fingerprint density at radius 2 is 1.84 bits per heavy atom. The van der Waals surface area contributed by atoms with Crippen LogP contribution in [-0.4, -0.2) is 36.0 Å². The molecule has 0 amide bonds. The molecule has 3 saturated heterocycles. The summed E-state index contributed by atoms with van der Waals surface area (Å²) in [5, 5.41) is 0. The summed E-state index contributed by atoms with van der Waals surface area (Å²) in [6, 6.07) is 11.9. The maximum absolute atomic E-state index is 6.02. The molecule has 0 N–H and O–H groups in total. The van der Waals surface area contributed by atoms with Crippen LogP contribution in [0.1, 0.15) is 31.2 Å². The first-order valence-corrected chi connectivity index (χ1v) is 7.45. The van der Waals surface area contributed by atoms with Gasteiger partial charge < -0.3 is 9.47 Å². The number of benzene rings is 1. The van der Waals surface area contributed by atoms with Crippen LogP contribution in [0, 0.1) is 0 Å². The van der Waals surface area contributed by atoms with Crippen LogP contribution in [0.5, 0.6) is 0 Å². The number of rotatable bonds is 2. The van der Waals surface area contributed by atoms with E-state index in [1.165, 1.54) is 24.8 Å². The molecule has 3 aliphatic rings. The lowest BCUT2D eigenvalue weighted by Gasteiger charge is -2.45. The fraction of sp³-hybridized carbons (Fsp3) is 0.625. The Hall–Kier alpha value is -0.900. The van der Waals surface area contributed by atoms with Gasteiger partial charge >= 0.3 is 0 Å². The van der Waals surface area contributed by atoms with E-state index in [0.29, 0.717) is 6.04 Å². The zero-order valence-corrected chi connectivity index (χ0v) is 11.3. The van der Waals surface area contributed by atoms with Crippen molar-refractivity contribution in [2.24, 2.45) is 0 Å². The van der Waals surface area contributed by atoms with E-state index >= 15 is 0 Å². The van der Waals surface area contributed by atoms with E-state index in [1.807, 2.05) is 0 Å². The fourth-order valence-electron chi connectivity index (χ4n) is 4.09. The standard InChI is InChI=1S/C16H21NO2/c1-2-4-13(5-3-1)12-17-14-6-7-15(17)16(9-8-14)18-10-11-19-16/h1-5,14-15H,6-12H2. The highest BCUT2D eigenvalue weighted by molar-refractivity contribution is 5.16. The first kappa shape index (κ1) is 11.9. The number of fused-ring (bicyclic) bond motifs is 3. The predicted octanol–water partition coefficient (Wildman–Crippen LogP) is 2.56. The molecule has 2 bridgehead atoms. The van der Waals surface area contributed by atoms with E-state index < -0.39 is 0 Å². The smallest absolute Gasteiger partial charge is 0.184 e. The topological polar surface area (TPSA) is 21.7 Å². The molecule has 1 aromatic carbocycles. The fourth-order valence-corrected chi connectivity index (χ4v) is 4.09. The van der Waals surface area contributed by atoms with E-state index in [0.717, 1.165) is 32.2 Å². The molecule has 3 fully saturated rings. The molecule has 2 atom stereocenters. The van der Waals surface area contributed by atoms with Crippen molar-refractivity contribution in [2.75, 3.05) is 13.2 Å². The third kappa shape index (κ3) is 1.92. The molecule has 2 unspecified atom stereocenters. The number of piperidine rings is 1. The minimum atomic E-state index is -0.290. The van der Waals surface area contributed by atoms with Crippen molar-refractivity contribution in [3.63, 3.8) is 0 Å². The van der Waals surface area contributed by atoms with Crippen molar-refractivity contribution in [3.8, 4) is 0 Å². The monoisotopic (exact) mass is 259 g/mol. The lowest BCUT2D eigenvalue weighted by molar-refractivity contribution is -0.220. The summed E-state index contributed by atoms with van der Waals surface area (Å²) in [5.74, 6) is -0.290. The molecule has 3 heterocycles. The quantitative estimate of drug-likeness (QED) is 0.814. The second-order valence-corrected chi connectivity index (χ2v) is 5.95. The van der Waals surface area contributed by atoms with Crippen LogP contribution in [0.3, 0.4) is 0 Å². The van der Waals surface area contributed by atoms with Crippen molar-refractivity contribution < 1.29 is 9.47 Å². The SMILES string of the molecule is c1ccc(CN2C3CCC2C2(CC3)OCCO2)cc1. The van der Waals surface area contributed by atoms with Gasteiger partial charge in [-0.15, -0.1) is 0 Å². The van der Waals surface area contributed by atoms with Gasteiger partial charge in [-0.25, -0.2) is 0 Å². The first-order chi connectivity index (χ1) is 9.37. The highest BCUT2D eigenvalue weighted by Gasteiger charge is 2.54. The molecule has 3 aliphatic heterocycles. The summed E-state index contributed by atoms with van der Waals surface area (Å²) in [6.07, 6.45) is 4.81. The van der Waals surface area contributed by atoms with Gasteiger partial charge in [-0.1, -0.05) is 30.3 Å². The second-order valence-electron chi connectivity index (χ2n) is 5.95. The van der Waals surface area contributed by atoms with Crippen LogP contribution in [-0.2, 0) is 16.0 Å². The molecule has 4 rings (SSSR count). The molecular weight excluding hydrogens is 238 g/mol. The molecule has 19 heavy (non-hydrogen) atoms. The van der Waals surface area contributed by atoms with Crippen LogP contribution < -0.4 is 0 Å². The minimum Gasteiger partial charge on any atom is -0.346 e. The molecule has 1 aromatic rings. The van der Waals surface area contributed by atoms with Crippen LogP contribution in [0.15, 0.2) is 30.3 Å². The van der Waals surface area contributed by atoms with Crippen molar-refractivity contribution in [1.82, 2.24) is 4.90 Å². The van der Waals surface area contributed by atoms with Crippen LogP contribution in [0.2, 0.25) is 0 Å². The summed E-state index contributed by atoms with van der Waals surface area (Å²) >= 11 is 0. The van der Waals surface area contributed by atoms with E-state index in [1.54, 1.807) is 0 Å². The lowest BCUT2D eigenvalue weighted by atomic mass is 9.95. The Morgan fingerprint density at radius 3 is 2.63 bits per heavy atom. The number of nitrogens with zero attached hydrogens (tertiary/aromatic N) is 1. The largest absolute Gasteiger partial charge is 0.346 e. The van der Waals surface area contributed by atoms with E-state index in [4.69, 9.17) is 9.47 Å². The zero-order chi connectivity index (χ0) is 12.7. The van der Waals surface area contributed by atoms with E-state index in [2.05, 4.69) is 35.2 Å². The lowest BCUT2D eigenvalue weighted by Crippen LogP contribution is -2.56. The molecular formula is C16H21NO2. The Balaban J connectivity index is 1.58. The van der Waals surface area contributed by atoms with Gasteiger partial charge in [0.25, 0.3) is 0 Å². The molecule has 3 heteroatoms. The number of hydrogen-bond donors (Lipinski definition) is 0. The average Bonchev–Trinajstić information content (AvgIpc) is 3.00. The van der Waals surface area contributed by atoms with Crippen molar-refractivity contribution in [1.29, 1.82) is 0 Å². The van der Waals surface area contributed by atoms with E-state index in [9.17, 15) is 0 Å². The van der Waals surface area contributed by atoms with E-state index in [-0.39, 0.29) is 5.79 Å². The summed E-state index contributed by atoms with van der Waals surface area (Å²) < 4.78 is 12.0. The van der Waals surface area contributed by atoms with Gasteiger partial charge in [-0.2, -0.15) is 0 Å². The molecule has 102 valence electrons. The van der Waals surface area contributed by atoms with Gasteiger partial charge in [-0.05, 0) is 24.8 Å². The third-order valence-electron chi connectivity index (χ3n) is 4.96. The zero-order valence-electron chi connectivity index (χ0n) is 11.3. The third-order valence-corrected chi connectivity index (χ3v) is 4.96. The van der Waals surface area contributed by atoms with Gasteiger partial charge in [0.2, 0.25) is 0 Å². The normalized spacial score (nSPS) is 33.1. The number of ether oxygens (including phenoxy) is 2. The predicted molar refractivity (Wildman–Crippen MR) is 72.7 cm³/mol. The maximum Gasteiger partial charge on any atom is 0.184 e. The van der Waals surface area contributed by atoms with Crippen molar-refractivity contribution in [2.45, 2.75) is 50.1 Å². The molecule has 0 saturated carbocycles. The van der Waals surface area contributed by atoms with Gasteiger partial charge in [0.15, 0.2) is 5.79 Å². The summed E-state index contributed by atoms with van der Waals surface area (Å²) in [5.41, 5.74) is 1.40. The highest BCUT2D eigenvalue weighted by atomic mass is 16.7.